The first kappa shape index (κ1) is 12.6. The summed E-state index contributed by atoms with van der Waals surface area (Å²) in [6, 6.07) is -0.336. The normalized spacial score (nSPS) is 12.5. The molecule has 0 saturated carbocycles. The molecule has 1 N–H and O–H groups in total. The van der Waals surface area contributed by atoms with E-state index in [1.807, 2.05) is 18.5 Å². The van der Waals surface area contributed by atoms with E-state index in [-0.39, 0.29) is 12.0 Å². The van der Waals surface area contributed by atoms with Crippen molar-refractivity contribution in [3.8, 4) is 0 Å². The van der Waals surface area contributed by atoms with Gasteiger partial charge in [-0.05, 0) is 20.8 Å². The SMILES string of the molecule is CCOC(=O)C(C)NCc1nnc(C)n1C. The number of rotatable bonds is 5. The number of carbonyl (C=O) groups excluding carboxylic acids is 1. The van der Waals surface area contributed by atoms with E-state index in [0.29, 0.717) is 13.2 Å². The number of aryl methyl sites for hydroxylation is 1. The van der Waals surface area contributed by atoms with Gasteiger partial charge in [-0.1, -0.05) is 0 Å². The zero-order valence-electron chi connectivity index (χ0n) is 10.1. The van der Waals surface area contributed by atoms with Gasteiger partial charge in [-0.2, -0.15) is 0 Å². The summed E-state index contributed by atoms with van der Waals surface area (Å²) in [6.45, 7) is 6.33. The van der Waals surface area contributed by atoms with Crippen LogP contribution in [0.15, 0.2) is 0 Å². The zero-order chi connectivity index (χ0) is 12.1. The van der Waals surface area contributed by atoms with E-state index in [1.165, 1.54) is 0 Å². The highest BCUT2D eigenvalue weighted by molar-refractivity contribution is 5.75. The fourth-order valence-corrected chi connectivity index (χ4v) is 1.20. The van der Waals surface area contributed by atoms with Crippen molar-refractivity contribution < 1.29 is 9.53 Å². The molecule has 6 heteroatoms. The monoisotopic (exact) mass is 226 g/mol. The maximum atomic E-state index is 11.3. The first-order valence-electron chi connectivity index (χ1n) is 5.31. The van der Waals surface area contributed by atoms with Crippen LogP contribution in [0.5, 0.6) is 0 Å². The number of nitrogens with zero attached hydrogens (tertiary/aromatic N) is 3. The molecule has 0 aliphatic carbocycles. The molecule has 0 bridgehead atoms. The lowest BCUT2D eigenvalue weighted by Gasteiger charge is -2.11. The summed E-state index contributed by atoms with van der Waals surface area (Å²) in [7, 11) is 1.89. The molecular formula is C10H18N4O2. The number of ether oxygens (including phenoxy) is 1. The summed E-state index contributed by atoms with van der Waals surface area (Å²) in [5.74, 6) is 1.40. The topological polar surface area (TPSA) is 69.0 Å². The smallest absolute Gasteiger partial charge is 0.322 e. The third-order valence-corrected chi connectivity index (χ3v) is 2.39. The number of carbonyl (C=O) groups is 1. The molecule has 1 atom stereocenters. The van der Waals surface area contributed by atoms with Gasteiger partial charge in [0, 0.05) is 7.05 Å². The Balaban J connectivity index is 2.45. The summed E-state index contributed by atoms with van der Waals surface area (Å²) < 4.78 is 6.76. The molecule has 0 spiro atoms. The van der Waals surface area contributed by atoms with E-state index in [0.717, 1.165) is 11.6 Å². The summed E-state index contributed by atoms with van der Waals surface area (Å²) in [4.78, 5) is 11.3. The second kappa shape index (κ2) is 5.60. The maximum Gasteiger partial charge on any atom is 0.322 e. The molecule has 6 nitrogen and oxygen atoms in total. The lowest BCUT2D eigenvalue weighted by atomic mass is 10.3. The van der Waals surface area contributed by atoms with Gasteiger partial charge in [-0.3, -0.25) is 10.1 Å². The Morgan fingerprint density at radius 3 is 2.75 bits per heavy atom. The van der Waals surface area contributed by atoms with Crippen molar-refractivity contribution in [2.75, 3.05) is 6.61 Å². The fraction of sp³-hybridized carbons (Fsp3) is 0.700. The van der Waals surface area contributed by atoms with Crippen molar-refractivity contribution in [1.29, 1.82) is 0 Å². The quantitative estimate of drug-likeness (QED) is 0.724. The molecule has 0 amide bonds. The van der Waals surface area contributed by atoms with Gasteiger partial charge >= 0.3 is 5.97 Å². The van der Waals surface area contributed by atoms with Gasteiger partial charge in [0.05, 0.1) is 13.2 Å². The van der Waals surface area contributed by atoms with Crippen LogP contribution < -0.4 is 5.32 Å². The Hall–Kier alpha value is -1.43. The highest BCUT2D eigenvalue weighted by Crippen LogP contribution is 1.98. The van der Waals surface area contributed by atoms with Gasteiger partial charge < -0.3 is 9.30 Å². The zero-order valence-corrected chi connectivity index (χ0v) is 10.1. The fourth-order valence-electron chi connectivity index (χ4n) is 1.20. The average Bonchev–Trinajstić information content (AvgIpc) is 2.57. The molecule has 1 rings (SSSR count). The van der Waals surface area contributed by atoms with E-state index in [9.17, 15) is 4.79 Å². The van der Waals surface area contributed by atoms with Gasteiger partial charge in [-0.25, -0.2) is 0 Å². The van der Waals surface area contributed by atoms with E-state index in [2.05, 4.69) is 15.5 Å². The minimum Gasteiger partial charge on any atom is -0.465 e. The van der Waals surface area contributed by atoms with Gasteiger partial charge in [0.25, 0.3) is 0 Å². The van der Waals surface area contributed by atoms with E-state index in [1.54, 1.807) is 13.8 Å². The predicted octanol–water partition coefficient (Wildman–Crippen LogP) is 0.165. The van der Waals surface area contributed by atoms with Gasteiger partial charge in [-0.15, -0.1) is 10.2 Å². The summed E-state index contributed by atoms with van der Waals surface area (Å²) in [5.41, 5.74) is 0. The first-order chi connectivity index (χ1) is 7.56. The molecule has 0 aliphatic heterocycles. The molecule has 1 unspecified atom stereocenters. The van der Waals surface area contributed by atoms with Crippen molar-refractivity contribution in [2.45, 2.75) is 33.4 Å². The van der Waals surface area contributed by atoms with Crippen LogP contribution in [0.3, 0.4) is 0 Å². The van der Waals surface area contributed by atoms with Crippen LogP contribution in [0.2, 0.25) is 0 Å². The predicted molar refractivity (Wildman–Crippen MR) is 58.7 cm³/mol. The number of hydrogen-bond donors (Lipinski definition) is 1. The second-order valence-corrected chi connectivity index (χ2v) is 3.58. The van der Waals surface area contributed by atoms with Crippen molar-refractivity contribution in [3.63, 3.8) is 0 Å². The van der Waals surface area contributed by atoms with Crippen molar-refractivity contribution in [1.82, 2.24) is 20.1 Å². The Morgan fingerprint density at radius 1 is 1.56 bits per heavy atom. The molecule has 1 aromatic rings. The maximum absolute atomic E-state index is 11.3. The molecule has 1 aromatic heterocycles. The van der Waals surface area contributed by atoms with Gasteiger partial charge in [0.15, 0.2) is 0 Å². The number of hydrogen-bond acceptors (Lipinski definition) is 5. The molecule has 0 aliphatic rings. The van der Waals surface area contributed by atoms with Crippen LogP contribution >= 0.6 is 0 Å². The lowest BCUT2D eigenvalue weighted by Crippen LogP contribution is -2.35. The van der Waals surface area contributed by atoms with Crippen molar-refractivity contribution in [2.24, 2.45) is 7.05 Å². The summed E-state index contributed by atoms with van der Waals surface area (Å²) >= 11 is 0. The number of esters is 1. The minimum absolute atomic E-state index is 0.249. The molecular weight excluding hydrogens is 208 g/mol. The second-order valence-electron chi connectivity index (χ2n) is 3.58. The Morgan fingerprint density at radius 2 is 2.25 bits per heavy atom. The van der Waals surface area contributed by atoms with Crippen LogP contribution in [0.25, 0.3) is 0 Å². The first-order valence-corrected chi connectivity index (χ1v) is 5.31. The number of aromatic nitrogens is 3. The van der Waals surface area contributed by atoms with Crippen LogP contribution in [0.1, 0.15) is 25.5 Å². The molecule has 90 valence electrons. The third-order valence-electron chi connectivity index (χ3n) is 2.39. The Kier molecular flexibility index (Phi) is 4.42. The van der Waals surface area contributed by atoms with Crippen LogP contribution in [-0.4, -0.2) is 33.4 Å². The van der Waals surface area contributed by atoms with E-state index < -0.39 is 0 Å². The van der Waals surface area contributed by atoms with Gasteiger partial charge in [0.2, 0.25) is 0 Å². The van der Waals surface area contributed by atoms with Crippen LogP contribution in [0.4, 0.5) is 0 Å². The largest absolute Gasteiger partial charge is 0.465 e. The Bertz CT molecular complexity index is 362. The van der Waals surface area contributed by atoms with Crippen LogP contribution in [-0.2, 0) is 23.1 Å². The van der Waals surface area contributed by atoms with Crippen LogP contribution in [0, 0.1) is 6.92 Å². The number of nitrogens with one attached hydrogen (secondary N) is 1. The highest BCUT2D eigenvalue weighted by Gasteiger charge is 2.14. The highest BCUT2D eigenvalue weighted by atomic mass is 16.5. The molecule has 1 heterocycles. The van der Waals surface area contributed by atoms with E-state index in [4.69, 9.17) is 4.74 Å². The van der Waals surface area contributed by atoms with Crippen molar-refractivity contribution >= 4 is 5.97 Å². The molecule has 0 radical (unpaired) electrons. The average molecular weight is 226 g/mol. The Labute approximate surface area is 95.0 Å². The molecule has 0 fully saturated rings. The lowest BCUT2D eigenvalue weighted by molar-refractivity contribution is -0.145. The summed E-state index contributed by atoms with van der Waals surface area (Å²) in [5, 5.41) is 11.0. The minimum atomic E-state index is -0.336. The summed E-state index contributed by atoms with van der Waals surface area (Å²) in [6.07, 6.45) is 0. The standard InChI is InChI=1S/C10H18N4O2/c1-5-16-10(15)7(2)11-6-9-13-12-8(3)14(9)4/h7,11H,5-6H2,1-4H3. The van der Waals surface area contributed by atoms with Crippen molar-refractivity contribution in [3.05, 3.63) is 11.6 Å². The van der Waals surface area contributed by atoms with E-state index >= 15 is 0 Å². The van der Waals surface area contributed by atoms with Gasteiger partial charge in [0.1, 0.15) is 17.7 Å². The third kappa shape index (κ3) is 3.03. The molecule has 0 aromatic carbocycles. The molecule has 16 heavy (non-hydrogen) atoms. The molecule has 0 saturated heterocycles.